The summed E-state index contributed by atoms with van der Waals surface area (Å²) >= 11 is 12.1. The van der Waals surface area contributed by atoms with Gasteiger partial charge in [-0.1, -0.05) is 37.0 Å². The zero-order valence-electron chi connectivity index (χ0n) is 19.7. The maximum atomic E-state index is 12.7. The number of esters is 1. The molecule has 0 atom stereocenters. The van der Waals surface area contributed by atoms with Gasteiger partial charge >= 0.3 is 5.97 Å². The lowest BCUT2D eigenvalue weighted by molar-refractivity contribution is -0.118. The van der Waals surface area contributed by atoms with E-state index in [4.69, 9.17) is 32.7 Å². The first-order valence-corrected chi connectivity index (χ1v) is 11.5. The van der Waals surface area contributed by atoms with Crippen molar-refractivity contribution in [3.8, 4) is 11.5 Å². The summed E-state index contributed by atoms with van der Waals surface area (Å²) in [6.45, 7) is 3.57. The molecule has 8 nitrogen and oxygen atoms in total. The zero-order valence-corrected chi connectivity index (χ0v) is 21.2. The van der Waals surface area contributed by atoms with Crippen LogP contribution in [-0.4, -0.2) is 31.1 Å². The molecule has 186 valence electrons. The van der Waals surface area contributed by atoms with Crippen molar-refractivity contribution >= 4 is 52.9 Å². The Balaban J connectivity index is 1.71. The lowest BCUT2D eigenvalue weighted by Gasteiger charge is -2.11. The molecule has 0 fully saturated rings. The molecule has 3 aromatic carbocycles. The van der Waals surface area contributed by atoms with Crippen LogP contribution in [0.1, 0.15) is 40.1 Å². The number of hydrogen-bond donors (Lipinski definition) is 2. The fourth-order valence-electron chi connectivity index (χ4n) is 2.92. The normalized spacial score (nSPS) is 10.8. The first-order chi connectivity index (χ1) is 17.2. The first-order valence-electron chi connectivity index (χ1n) is 10.8. The molecule has 0 aliphatic rings. The number of carbonyl (C=O) groups excluding carboxylic acids is 3. The average molecular weight is 528 g/mol. The van der Waals surface area contributed by atoms with E-state index < -0.39 is 11.9 Å². The van der Waals surface area contributed by atoms with Gasteiger partial charge in [0, 0.05) is 32.8 Å². The molecular formula is C26H23Cl2N3O5. The standard InChI is InChI=1S/C26H23Cl2N3O5/c1-15(2)24(32)30-20-8-4-16(5-9-20)25(33)31-29-14-17-12-18(27)6-10-22(17)36-26(34)21-13-19(28)7-11-23(21)35-3/h4-15H,1-3H3,(H,30,32)(H,31,33)/b29-14+. The van der Waals surface area contributed by atoms with E-state index in [0.717, 1.165) is 0 Å². The first kappa shape index (κ1) is 26.7. The maximum Gasteiger partial charge on any atom is 0.347 e. The number of methoxy groups -OCH3 is 1. The van der Waals surface area contributed by atoms with Crippen molar-refractivity contribution in [2.24, 2.45) is 11.0 Å². The van der Waals surface area contributed by atoms with Gasteiger partial charge in [-0.3, -0.25) is 9.59 Å². The van der Waals surface area contributed by atoms with Crippen LogP contribution in [0.5, 0.6) is 11.5 Å². The molecular weight excluding hydrogens is 505 g/mol. The van der Waals surface area contributed by atoms with Crippen molar-refractivity contribution in [2.45, 2.75) is 13.8 Å². The van der Waals surface area contributed by atoms with Gasteiger partial charge in [0.2, 0.25) is 5.91 Å². The van der Waals surface area contributed by atoms with Crippen LogP contribution in [0.2, 0.25) is 10.0 Å². The SMILES string of the molecule is COc1ccc(Cl)cc1C(=O)Oc1ccc(Cl)cc1/C=N/NC(=O)c1ccc(NC(=O)C(C)C)cc1. The fourth-order valence-corrected chi connectivity index (χ4v) is 3.28. The quantitative estimate of drug-likeness (QED) is 0.172. The Hall–Kier alpha value is -3.88. The molecule has 2 amide bonds. The summed E-state index contributed by atoms with van der Waals surface area (Å²) < 4.78 is 10.7. The monoisotopic (exact) mass is 527 g/mol. The number of nitrogens with one attached hydrogen (secondary N) is 2. The number of amides is 2. The van der Waals surface area contributed by atoms with Gasteiger partial charge in [-0.25, -0.2) is 10.2 Å². The van der Waals surface area contributed by atoms with Crippen LogP contribution >= 0.6 is 23.2 Å². The van der Waals surface area contributed by atoms with Gasteiger partial charge < -0.3 is 14.8 Å². The molecule has 0 bridgehead atoms. The predicted octanol–water partition coefficient (Wildman–Crippen LogP) is 5.58. The third-order valence-corrected chi connectivity index (χ3v) is 5.33. The molecule has 10 heteroatoms. The Bertz CT molecular complexity index is 1310. The van der Waals surface area contributed by atoms with Crippen molar-refractivity contribution in [2.75, 3.05) is 12.4 Å². The number of hydrazone groups is 1. The Morgan fingerprint density at radius 1 is 0.917 bits per heavy atom. The molecule has 0 spiro atoms. The van der Waals surface area contributed by atoms with Gasteiger partial charge in [0.15, 0.2) is 0 Å². The highest BCUT2D eigenvalue weighted by atomic mass is 35.5. The van der Waals surface area contributed by atoms with Crippen LogP contribution in [-0.2, 0) is 4.79 Å². The van der Waals surface area contributed by atoms with E-state index in [1.54, 1.807) is 56.3 Å². The van der Waals surface area contributed by atoms with Crippen molar-refractivity contribution in [3.05, 3.63) is 87.4 Å². The molecule has 0 aliphatic heterocycles. The Kier molecular flexibility index (Phi) is 9.05. The van der Waals surface area contributed by atoms with Crippen LogP contribution in [0.15, 0.2) is 65.8 Å². The fraction of sp³-hybridized carbons (Fsp3) is 0.154. The van der Waals surface area contributed by atoms with E-state index >= 15 is 0 Å². The van der Waals surface area contributed by atoms with Gasteiger partial charge in [0.25, 0.3) is 5.91 Å². The highest BCUT2D eigenvalue weighted by Crippen LogP contribution is 2.27. The number of anilines is 1. The number of benzene rings is 3. The van der Waals surface area contributed by atoms with Crippen molar-refractivity contribution in [3.63, 3.8) is 0 Å². The summed E-state index contributed by atoms with van der Waals surface area (Å²) in [5.41, 5.74) is 3.81. The highest BCUT2D eigenvalue weighted by Gasteiger charge is 2.17. The maximum absolute atomic E-state index is 12.7. The number of hydrogen-bond acceptors (Lipinski definition) is 6. The van der Waals surface area contributed by atoms with Crippen LogP contribution in [0.3, 0.4) is 0 Å². The summed E-state index contributed by atoms with van der Waals surface area (Å²) in [6, 6.07) is 15.5. The molecule has 0 heterocycles. The summed E-state index contributed by atoms with van der Waals surface area (Å²) in [6.07, 6.45) is 1.30. The zero-order chi connectivity index (χ0) is 26.2. The number of ether oxygens (including phenoxy) is 2. The largest absolute Gasteiger partial charge is 0.496 e. The topological polar surface area (TPSA) is 106 Å². The lowest BCUT2D eigenvalue weighted by atomic mass is 10.1. The molecule has 0 saturated carbocycles. The summed E-state index contributed by atoms with van der Waals surface area (Å²) in [4.78, 5) is 37.0. The molecule has 0 aliphatic carbocycles. The van der Waals surface area contributed by atoms with Gasteiger partial charge in [0.1, 0.15) is 17.1 Å². The number of rotatable bonds is 8. The van der Waals surface area contributed by atoms with E-state index in [9.17, 15) is 14.4 Å². The van der Waals surface area contributed by atoms with Gasteiger partial charge in [0.05, 0.1) is 13.3 Å². The summed E-state index contributed by atoms with van der Waals surface area (Å²) in [5.74, 6) is -0.989. The lowest BCUT2D eigenvalue weighted by Crippen LogP contribution is -2.19. The van der Waals surface area contributed by atoms with Gasteiger partial charge in [-0.15, -0.1) is 0 Å². The van der Waals surface area contributed by atoms with E-state index in [-0.39, 0.29) is 23.1 Å². The summed E-state index contributed by atoms with van der Waals surface area (Å²) in [5, 5.41) is 7.43. The number of carbonyl (C=O) groups is 3. The second-order valence-corrected chi connectivity index (χ2v) is 8.71. The molecule has 0 saturated heterocycles. The van der Waals surface area contributed by atoms with Crippen LogP contribution in [0.25, 0.3) is 0 Å². The highest BCUT2D eigenvalue weighted by molar-refractivity contribution is 6.31. The summed E-state index contributed by atoms with van der Waals surface area (Å²) in [7, 11) is 1.43. The number of nitrogens with zero attached hydrogens (tertiary/aromatic N) is 1. The molecule has 0 unspecified atom stereocenters. The third-order valence-electron chi connectivity index (χ3n) is 4.86. The molecule has 2 N–H and O–H groups in total. The minimum absolute atomic E-state index is 0.122. The second-order valence-electron chi connectivity index (χ2n) is 7.84. The molecule has 36 heavy (non-hydrogen) atoms. The smallest absolute Gasteiger partial charge is 0.347 e. The molecule has 0 aromatic heterocycles. The van der Waals surface area contributed by atoms with Crippen molar-refractivity contribution < 1.29 is 23.9 Å². The van der Waals surface area contributed by atoms with Crippen molar-refractivity contribution in [1.82, 2.24) is 5.43 Å². The molecule has 3 rings (SSSR count). The predicted molar refractivity (Wildman–Crippen MR) is 139 cm³/mol. The van der Waals surface area contributed by atoms with Gasteiger partial charge in [-0.2, -0.15) is 5.10 Å². The van der Waals surface area contributed by atoms with E-state index in [1.165, 1.54) is 31.5 Å². The van der Waals surface area contributed by atoms with Crippen molar-refractivity contribution in [1.29, 1.82) is 0 Å². The molecule has 0 radical (unpaired) electrons. The van der Waals surface area contributed by atoms with E-state index in [2.05, 4.69) is 15.8 Å². The Labute approximate surface area is 218 Å². The Morgan fingerprint density at radius 2 is 1.56 bits per heavy atom. The number of halogens is 2. The second kappa shape index (κ2) is 12.2. The minimum atomic E-state index is -0.694. The van der Waals surface area contributed by atoms with E-state index in [0.29, 0.717) is 32.6 Å². The van der Waals surface area contributed by atoms with E-state index in [1.807, 2.05) is 0 Å². The molecule has 3 aromatic rings. The average Bonchev–Trinajstić information content (AvgIpc) is 2.85. The van der Waals surface area contributed by atoms with Crippen LogP contribution in [0, 0.1) is 5.92 Å². The Morgan fingerprint density at radius 3 is 2.19 bits per heavy atom. The minimum Gasteiger partial charge on any atom is -0.496 e. The third kappa shape index (κ3) is 7.07. The van der Waals surface area contributed by atoms with Crippen LogP contribution < -0.4 is 20.2 Å². The van der Waals surface area contributed by atoms with Gasteiger partial charge in [-0.05, 0) is 60.7 Å². The van der Waals surface area contributed by atoms with Crippen LogP contribution in [0.4, 0.5) is 5.69 Å².